The number of hydrogen-bond acceptors (Lipinski definition) is 3. The minimum atomic E-state index is -0.626. The standard InChI is InChI=1S/C12H13F2N3O/c1-18-11-5-9(13)7(4-10(11)14)8(6-15)12-16-2-3-17-12/h2-5,8H,6,15H2,1H3,(H,16,17). The number of aromatic nitrogens is 2. The van der Waals surface area contributed by atoms with Crippen molar-refractivity contribution in [2.24, 2.45) is 5.73 Å². The number of halogens is 2. The first-order chi connectivity index (χ1) is 8.67. The molecule has 0 aliphatic heterocycles. The van der Waals surface area contributed by atoms with Crippen LogP contribution in [0.25, 0.3) is 0 Å². The molecular weight excluding hydrogens is 240 g/mol. The van der Waals surface area contributed by atoms with Gasteiger partial charge in [0.15, 0.2) is 11.6 Å². The third kappa shape index (κ3) is 2.19. The lowest BCUT2D eigenvalue weighted by Gasteiger charge is -2.15. The predicted octanol–water partition coefficient (Wildman–Crippen LogP) is 1.79. The van der Waals surface area contributed by atoms with E-state index in [0.717, 1.165) is 12.1 Å². The van der Waals surface area contributed by atoms with E-state index in [2.05, 4.69) is 9.97 Å². The van der Waals surface area contributed by atoms with Crippen LogP contribution in [0.1, 0.15) is 17.3 Å². The second-order valence-corrected chi connectivity index (χ2v) is 3.77. The molecule has 1 atom stereocenters. The number of hydrogen-bond donors (Lipinski definition) is 2. The lowest BCUT2D eigenvalue weighted by molar-refractivity contribution is 0.381. The van der Waals surface area contributed by atoms with E-state index in [0.29, 0.717) is 5.82 Å². The maximum Gasteiger partial charge on any atom is 0.165 e. The van der Waals surface area contributed by atoms with Crippen LogP contribution < -0.4 is 10.5 Å². The molecule has 2 rings (SSSR count). The first-order valence-corrected chi connectivity index (χ1v) is 5.39. The highest BCUT2D eigenvalue weighted by Crippen LogP contribution is 2.28. The summed E-state index contributed by atoms with van der Waals surface area (Å²) in [7, 11) is 1.28. The number of nitrogens with one attached hydrogen (secondary N) is 1. The second-order valence-electron chi connectivity index (χ2n) is 3.77. The summed E-state index contributed by atoms with van der Waals surface area (Å²) in [5.41, 5.74) is 5.76. The largest absolute Gasteiger partial charge is 0.494 e. The van der Waals surface area contributed by atoms with Gasteiger partial charge >= 0.3 is 0 Å². The summed E-state index contributed by atoms with van der Waals surface area (Å²) in [6.07, 6.45) is 3.14. The van der Waals surface area contributed by atoms with E-state index in [1.165, 1.54) is 13.3 Å². The molecule has 0 saturated carbocycles. The Morgan fingerprint density at radius 3 is 2.72 bits per heavy atom. The van der Waals surface area contributed by atoms with Crippen molar-refractivity contribution in [1.29, 1.82) is 0 Å². The van der Waals surface area contributed by atoms with Crippen LogP contribution in [0.3, 0.4) is 0 Å². The zero-order valence-electron chi connectivity index (χ0n) is 9.78. The summed E-state index contributed by atoms with van der Waals surface area (Å²) in [5.74, 6) is -1.34. The van der Waals surface area contributed by atoms with E-state index in [4.69, 9.17) is 10.5 Å². The number of methoxy groups -OCH3 is 1. The summed E-state index contributed by atoms with van der Waals surface area (Å²) >= 11 is 0. The Hall–Kier alpha value is -1.95. The molecule has 2 aromatic rings. The number of benzene rings is 1. The molecule has 0 aliphatic carbocycles. The molecule has 0 amide bonds. The van der Waals surface area contributed by atoms with Gasteiger partial charge in [0.05, 0.1) is 13.0 Å². The molecule has 1 heterocycles. The fourth-order valence-corrected chi connectivity index (χ4v) is 1.82. The van der Waals surface area contributed by atoms with Gasteiger partial charge in [-0.15, -0.1) is 0 Å². The van der Waals surface area contributed by atoms with E-state index in [1.54, 1.807) is 6.20 Å². The predicted molar refractivity (Wildman–Crippen MR) is 62.4 cm³/mol. The van der Waals surface area contributed by atoms with Gasteiger partial charge in [0.2, 0.25) is 0 Å². The van der Waals surface area contributed by atoms with Crippen LogP contribution >= 0.6 is 0 Å². The van der Waals surface area contributed by atoms with Gasteiger partial charge in [-0.1, -0.05) is 0 Å². The number of rotatable bonds is 4. The second kappa shape index (κ2) is 5.14. The normalized spacial score (nSPS) is 12.4. The summed E-state index contributed by atoms with van der Waals surface area (Å²) in [4.78, 5) is 6.87. The Labute approximate surface area is 103 Å². The van der Waals surface area contributed by atoms with Gasteiger partial charge in [0, 0.05) is 30.6 Å². The van der Waals surface area contributed by atoms with Crippen molar-refractivity contribution in [3.8, 4) is 5.75 Å². The average molecular weight is 253 g/mol. The Kier molecular flexibility index (Phi) is 3.57. The molecule has 1 aromatic carbocycles. The SMILES string of the molecule is COc1cc(F)c(C(CN)c2ncc[nH]2)cc1F. The molecular formula is C12H13F2N3O. The number of imidazole rings is 1. The van der Waals surface area contributed by atoms with Gasteiger partial charge in [-0.2, -0.15) is 0 Å². The molecule has 0 fully saturated rings. The van der Waals surface area contributed by atoms with E-state index in [1.807, 2.05) is 0 Å². The number of nitrogens with two attached hydrogens (primary N) is 1. The minimum Gasteiger partial charge on any atom is -0.494 e. The van der Waals surface area contributed by atoms with Crippen molar-refractivity contribution >= 4 is 0 Å². The number of H-pyrrole nitrogens is 1. The molecule has 3 N–H and O–H groups in total. The molecule has 96 valence electrons. The molecule has 18 heavy (non-hydrogen) atoms. The van der Waals surface area contributed by atoms with Gasteiger partial charge in [-0.25, -0.2) is 13.8 Å². The topological polar surface area (TPSA) is 63.9 Å². The van der Waals surface area contributed by atoms with Gasteiger partial charge in [-0.3, -0.25) is 0 Å². The van der Waals surface area contributed by atoms with Crippen molar-refractivity contribution in [2.45, 2.75) is 5.92 Å². The fourth-order valence-electron chi connectivity index (χ4n) is 1.82. The monoisotopic (exact) mass is 253 g/mol. The highest BCUT2D eigenvalue weighted by Gasteiger charge is 2.21. The lowest BCUT2D eigenvalue weighted by Crippen LogP contribution is -2.17. The zero-order valence-corrected chi connectivity index (χ0v) is 9.78. The zero-order chi connectivity index (χ0) is 13.1. The van der Waals surface area contributed by atoms with E-state index in [-0.39, 0.29) is 17.9 Å². The fraction of sp³-hybridized carbons (Fsp3) is 0.250. The average Bonchev–Trinajstić information content (AvgIpc) is 2.87. The third-order valence-electron chi connectivity index (χ3n) is 2.73. The highest BCUT2D eigenvalue weighted by molar-refractivity contribution is 5.35. The minimum absolute atomic E-state index is 0.121. The lowest BCUT2D eigenvalue weighted by atomic mass is 9.97. The van der Waals surface area contributed by atoms with Crippen LogP contribution in [-0.4, -0.2) is 23.6 Å². The first-order valence-electron chi connectivity index (χ1n) is 5.39. The number of aromatic amines is 1. The Balaban J connectivity index is 2.46. The molecule has 0 aliphatic rings. The maximum atomic E-state index is 13.9. The summed E-state index contributed by atoms with van der Waals surface area (Å²) < 4.78 is 32.2. The van der Waals surface area contributed by atoms with Gasteiger partial charge in [0.1, 0.15) is 11.6 Å². The molecule has 0 spiro atoms. The summed E-state index contributed by atoms with van der Waals surface area (Å²) in [5, 5.41) is 0. The highest BCUT2D eigenvalue weighted by atomic mass is 19.1. The molecule has 4 nitrogen and oxygen atoms in total. The van der Waals surface area contributed by atoms with E-state index < -0.39 is 17.6 Å². The van der Waals surface area contributed by atoms with Crippen molar-refractivity contribution in [1.82, 2.24) is 9.97 Å². The van der Waals surface area contributed by atoms with Crippen molar-refractivity contribution in [2.75, 3.05) is 13.7 Å². The molecule has 6 heteroatoms. The van der Waals surface area contributed by atoms with Crippen LogP contribution in [0, 0.1) is 11.6 Å². The molecule has 0 saturated heterocycles. The first kappa shape index (κ1) is 12.5. The Morgan fingerprint density at radius 1 is 1.39 bits per heavy atom. The van der Waals surface area contributed by atoms with Crippen LogP contribution in [-0.2, 0) is 0 Å². The molecule has 0 radical (unpaired) electrons. The van der Waals surface area contributed by atoms with Crippen molar-refractivity contribution < 1.29 is 13.5 Å². The Morgan fingerprint density at radius 2 is 2.17 bits per heavy atom. The van der Waals surface area contributed by atoms with Crippen LogP contribution in [0.15, 0.2) is 24.5 Å². The van der Waals surface area contributed by atoms with Crippen LogP contribution in [0.5, 0.6) is 5.75 Å². The maximum absolute atomic E-state index is 13.9. The quantitative estimate of drug-likeness (QED) is 0.873. The number of ether oxygens (including phenoxy) is 1. The van der Waals surface area contributed by atoms with Gasteiger partial charge < -0.3 is 15.5 Å². The molecule has 1 aromatic heterocycles. The van der Waals surface area contributed by atoms with Crippen LogP contribution in [0.2, 0.25) is 0 Å². The van der Waals surface area contributed by atoms with Crippen molar-refractivity contribution in [3.63, 3.8) is 0 Å². The summed E-state index contributed by atoms with van der Waals surface area (Å²) in [6, 6.07) is 2.10. The van der Waals surface area contributed by atoms with E-state index in [9.17, 15) is 8.78 Å². The number of nitrogens with zero attached hydrogens (tertiary/aromatic N) is 1. The molecule has 1 unspecified atom stereocenters. The smallest absolute Gasteiger partial charge is 0.165 e. The third-order valence-corrected chi connectivity index (χ3v) is 2.73. The summed E-state index contributed by atoms with van der Waals surface area (Å²) in [6.45, 7) is 0.121. The van der Waals surface area contributed by atoms with Crippen LogP contribution in [0.4, 0.5) is 8.78 Å². The van der Waals surface area contributed by atoms with Crippen molar-refractivity contribution in [3.05, 3.63) is 47.5 Å². The molecule has 0 bridgehead atoms. The Bertz CT molecular complexity index is 528. The van der Waals surface area contributed by atoms with Gasteiger partial charge in [0.25, 0.3) is 0 Å². The van der Waals surface area contributed by atoms with E-state index >= 15 is 0 Å². The van der Waals surface area contributed by atoms with Gasteiger partial charge in [-0.05, 0) is 6.07 Å².